The number of rotatable bonds is 2. The lowest BCUT2D eigenvalue weighted by Crippen LogP contribution is -2.10. The van der Waals surface area contributed by atoms with Gasteiger partial charge in [0, 0.05) is 4.21 Å². The smallest absolute Gasteiger partial charge is 0.358 e. The average molecular weight is 121 g/mol. The fourth-order valence-corrected chi connectivity index (χ4v) is 0.316. The largest absolute Gasteiger partial charge is 0.476 e. The molecule has 0 aromatic rings. The summed E-state index contributed by atoms with van der Waals surface area (Å²) in [5.74, 6) is 0.569. The van der Waals surface area contributed by atoms with Crippen molar-refractivity contribution in [3.63, 3.8) is 0 Å². The molecule has 0 spiro atoms. The van der Waals surface area contributed by atoms with Crippen LogP contribution in [0.2, 0.25) is 0 Å². The Morgan fingerprint density at radius 2 is 2.00 bits per heavy atom. The first-order chi connectivity index (χ1) is 2.77. The maximum Gasteiger partial charge on any atom is 0.476 e. The standard InChI is InChI=1S/C3H8NOS.CH3/c1-4(2)3-6-5;/h3H2,1-2H3;1H3/q+1;-1. The fraction of sp³-hybridized carbons (Fsp3) is 0.750. The molecule has 3 heteroatoms. The van der Waals surface area contributed by atoms with Crippen LogP contribution in [0.15, 0.2) is 0 Å². The Bertz CT molecular complexity index is 47.0. The van der Waals surface area contributed by atoms with E-state index < -0.39 is 0 Å². The van der Waals surface area contributed by atoms with Crippen LogP contribution in [0.4, 0.5) is 0 Å². The van der Waals surface area contributed by atoms with E-state index in [-0.39, 0.29) is 7.43 Å². The Hall–Kier alpha value is -0.0200. The molecular weight excluding hydrogens is 110 g/mol. The van der Waals surface area contributed by atoms with Crippen LogP contribution >= 0.6 is 0 Å². The summed E-state index contributed by atoms with van der Waals surface area (Å²) in [6.45, 7) is 0. The molecule has 2 nitrogen and oxygen atoms in total. The van der Waals surface area contributed by atoms with Crippen molar-refractivity contribution in [2.24, 2.45) is 0 Å². The Morgan fingerprint density at radius 1 is 1.57 bits per heavy atom. The van der Waals surface area contributed by atoms with Crippen molar-refractivity contribution in [1.82, 2.24) is 4.90 Å². The Kier molecular flexibility index (Phi) is 8.60. The molecule has 0 radical (unpaired) electrons. The van der Waals surface area contributed by atoms with Crippen molar-refractivity contribution < 1.29 is 4.21 Å². The van der Waals surface area contributed by atoms with E-state index in [1.54, 1.807) is 0 Å². The lowest BCUT2D eigenvalue weighted by atomic mass is 11.0. The van der Waals surface area contributed by atoms with Crippen LogP contribution in [-0.4, -0.2) is 24.9 Å². The lowest BCUT2D eigenvalue weighted by Gasteiger charge is -1.90. The third-order valence-electron chi connectivity index (χ3n) is 0.311. The van der Waals surface area contributed by atoms with Crippen LogP contribution < -0.4 is 0 Å². The molecule has 0 aliphatic carbocycles. The molecular formula is C4H11NOS. The summed E-state index contributed by atoms with van der Waals surface area (Å²) in [6, 6.07) is 0. The predicted octanol–water partition coefficient (Wildman–Crippen LogP) is 0.384. The summed E-state index contributed by atoms with van der Waals surface area (Å²) >= 11 is 0.586. The van der Waals surface area contributed by atoms with Crippen molar-refractivity contribution in [3.8, 4) is 0 Å². The van der Waals surface area contributed by atoms with Gasteiger partial charge in [0.05, 0.1) is 0 Å². The lowest BCUT2D eigenvalue weighted by molar-refractivity contribution is 0.476. The van der Waals surface area contributed by atoms with Gasteiger partial charge in [-0.15, -0.1) is 0 Å². The third-order valence-corrected chi connectivity index (χ3v) is 0.933. The van der Waals surface area contributed by atoms with Gasteiger partial charge in [0.25, 0.3) is 5.88 Å². The minimum absolute atomic E-state index is 0. The minimum Gasteiger partial charge on any atom is -0.358 e. The van der Waals surface area contributed by atoms with Gasteiger partial charge in [0.15, 0.2) is 0 Å². The molecule has 0 unspecified atom stereocenters. The number of nitrogens with zero attached hydrogens (tertiary/aromatic N) is 1. The molecule has 0 bridgehead atoms. The van der Waals surface area contributed by atoms with E-state index >= 15 is 0 Å². The Labute approximate surface area is 49.0 Å². The number of hydrogen-bond donors (Lipinski definition) is 0. The first-order valence-electron chi connectivity index (χ1n) is 1.67. The molecule has 0 rings (SSSR count). The highest BCUT2D eigenvalue weighted by molar-refractivity contribution is 7.65. The fourth-order valence-electron chi connectivity index (χ4n) is 0.105. The zero-order valence-corrected chi connectivity index (χ0v) is 5.79. The SMILES string of the molecule is CN(C)C[S+]=O.[CH3-]. The monoisotopic (exact) mass is 121 g/mol. The van der Waals surface area contributed by atoms with Gasteiger partial charge in [-0.3, -0.25) is 4.90 Å². The second-order valence-corrected chi connectivity index (χ2v) is 1.82. The summed E-state index contributed by atoms with van der Waals surface area (Å²) < 4.78 is 9.62. The van der Waals surface area contributed by atoms with E-state index in [2.05, 4.69) is 0 Å². The van der Waals surface area contributed by atoms with E-state index in [1.165, 1.54) is 0 Å². The zero-order valence-electron chi connectivity index (χ0n) is 4.97. The van der Waals surface area contributed by atoms with Crippen LogP contribution in [0, 0.1) is 7.43 Å². The molecule has 0 heterocycles. The van der Waals surface area contributed by atoms with Gasteiger partial charge in [-0.2, -0.15) is 0 Å². The molecule has 0 saturated carbocycles. The maximum absolute atomic E-state index is 9.62. The van der Waals surface area contributed by atoms with Crippen molar-refractivity contribution in [2.75, 3.05) is 20.0 Å². The van der Waals surface area contributed by atoms with Crippen molar-refractivity contribution >= 4 is 11.7 Å². The summed E-state index contributed by atoms with van der Waals surface area (Å²) in [5.41, 5.74) is 0. The van der Waals surface area contributed by atoms with Gasteiger partial charge in [-0.1, -0.05) is 0 Å². The second-order valence-electron chi connectivity index (χ2n) is 1.33. The summed E-state index contributed by atoms with van der Waals surface area (Å²) in [4.78, 5) is 1.83. The molecule has 44 valence electrons. The predicted molar refractivity (Wildman–Crippen MR) is 33.0 cm³/mol. The van der Waals surface area contributed by atoms with Crippen LogP contribution in [0.5, 0.6) is 0 Å². The molecule has 0 aromatic heterocycles. The van der Waals surface area contributed by atoms with Crippen LogP contribution in [0.1, 0.15) is 0 Å². The Morgan fingerprint density at radius 3 is 2.00 bits per heavy atom. The van der Waals surface area contributed by atoms with Gasteiger partial charge in [0.2, 0.25) is 0 Å². The third kappa shape index (κ3) is 10.7. The molecule has 7 heavy (non-hydrogen) atoms. The van der Waals surface area contributed by atoms with Gasteiger partial charge < -0.3 is 7.43 Å². The topological polar surface area (TPSA) is 20.3 Å². The minimum atomic E-state index is 0. The summed E-state index contributed by atoms with van der Waals surface area (Å²) in [7, 11) is 3.73. The van der Waals surface area contributed by atoms with E-state index in [1.807, 2.05) is 19.0 Å². The molecule has 0 aromatic carbocycles. The van der Waals surface area contributed by atoms with Crippen molar-refractivity contribution in [2.45, 2.75) is 0 Å². The maximum atomic E-state index is 9.62. The molecule has 0 aliphatic heterocycles. The first kappa shape index (κ1) is 10.1. The number of hydrogen-bond acceptors (Lipinski definition) is 2. The van der Waals surface area contributed by atoms with E-state index in [0.29, 0.717) is 17.5 Å². The molecule has 0 fully saturated rings. The van der Waals surface area contributed by atoms with Crippen molar-refractivity contribution in [1.29, 1.82) is 0 Å². The van der Waals surface area contributed by atoms with E-state index in [9.17, 15) is 4.21 Å². The summed E-state index contributed by atoms with van der Waals surface area (Å²) in [6.07, 6.45) is 0. The molecule has 0 N–H and O–H groups in total. The Balaban J connectivity index is 0. The van der Waals surface area contributed by atoms with Gasteiger partial charge in [0.1, 0.15) is 0 Å². The van der Waals surface area contributed by atoms with Crippen LogP contribution in [0.3, 0.4) is 0 Å². The summed E-state index contributed by atoms with van der Waals surface area (Å²) in [5, 5.41) is 0. The van der Waals surface area contributed by atoms with Gasteiger partial charge in [-0.25, -0.2) is 0 Å². The first-order valence-corrected chi connectivity index (χ1v) is 2.58. The highest BCUT2D eigenvalue weighted by atomic mass is 32.1. The molecule has 0 saturated heterocycles. The molecule has 0 aliphatic rings. The normalized spacial score (nSPS) is 7.86. The zero-order chi connectivity index (χ0) is 4.99. The highest BCUT2D eigenvalue weighted by Gasteiger charge is 1.95. The second kappa shape index (κ2) is 5.98. The molecule has 0 atom stereocenters. The van der Waals surface area contributed by atoms with E-state index in [0.717, 1.165) is 0 Å². The van der Waals surface area contributed by atoms with Crippen LogP contribution in [-0.2, 0) is 15.9 Å². The quantitative estimate of drug-likeness (QED) is 0.299. The highest BCUT2D eigenvalue weighted by Crippen LogP contribution is 1.65. The van der Waals surface area contributed by atoms with Gasteiger partial charge >= 0.3 is 11.7 Å². The van der Waals surface area contributed by atoms with E-state index in [4.69, 9.17) is 0 Å². The van der Waals surface area contributed by atoms with Crippen molar-refractivity contribution in [3.05, 3.63) is 7.43 Å². The molecule has 0 amide bonds. The van der Waals surface area contributed by atoms with Crippen LogP contribution in [0.25, 0.3) is 0 Å². The average Bonchev–Trinajstić information content (AvgIpc) is 1.35. The van der Waals surface area contributed by atoms with Gasteiger partial charge in [-0.05, 0) is 14.1 Å².